The Hall–Kier alpha value is -2.09. The molecule has 0 fully saturated rings. The minimum atomic E-state index is -0.745. The number of thiazole rings is 1. The molecule has 1 heterocycles. The summed E-state index contributed by atoms with van der Waals surface area (Å²) >= 11 is 7.23. The molecule has 2 aromatic carbocycles. The van der Waals surface area contributed by atoms with Gasteiger partial charge in [-0.3, -0.25) is 9.69 Å². The Labute approximate surface area is 158 Å². The lowest BCUT2D eigenvalue weighted by atomic mass is 10.2. The zero-order chi connectivity index (χ0) is 18.8. The molecule has 1 aromatic heterocycles. The summed E-state index contributed by atoms with van der Waals surface area (Å²) in [5, 5.41) is 0.647. The second-order valence-electron chi connectivity index (χ2n) is 6.12. The molecule has 0 aliphatic rings. The third-order valence-corrected chi connectivity index (χ3v) is 5.17. The highest BCUT2D eigenvalue weighted by Crippen LogP contribution is 2.32. The van der Waals surface area contributed by atoms with Crippen LogP contribution in [0.15, 0.2) is 36.4 Å². The molecular formula is C18H17ClF2N3OS+. The van der Waals surface area contributed by atoms with E-state index in [1.54, 1.807) is 24.3 Å². The molecule has 0 saturated carbocycles. The molecule has 0 aliphatic heterocycles. The lowest BCUT2D eigenvalue weighted by molar-refractivity contribution is -0.856. The van der Waals surface area contributed by atoms with Crippen LogP contribution < -0.4 is 9.80 Å². The molecule has 0 bridgehead atoms. The molecule has 3 aromatic rings. The van der Waals surface area contributed by atoms with Crippen molar-refractivity contribution in [1.82, 2.24) is 4.98 Å². The standard InChI is InChI=1S/C18H16ClF2N3OS/c1-23(2)7-8-24(17(25)12-5-3-4-6-13(12)19)18-22-16-14(21)9-11(20)10-15(16)26-18/h3-6,9-10H,7-8H2,1-2H3/p+1. The van der Waals surface area contributed by atoms with Crippen molar-refractivity contribution in [3.05, 3.63) is 58.6 Å². The summed E-state index contributed by atoms with van der Waals surface area (Å²) < 4.78 is 27.8. The number of benzene rings is 2. The molecule has 0 saturated heterocycles. The fraction of sp³-hybridized carbons (Fsp3) is 0.222. The monoisotopic (exact) mass is 396 g/mol. The third kappa shape index (κ3) is 3.85. The van der Waals surface area contributed by atoms with Crippen LogP contribution in [0.4, 0.5) is 13.9 Å². The van der Waals surface area contributed by atoms with E-state index in [2.05, 4.69) is 4.98 Å². The highest BCUT2D eigenvalue weighted by molar-refractivity contribution is 7.22. The molecule has 3 rings (SSSR count). The van der Waals surface area contributed by atoms with E-state index in [1.165, 1.54) is 11.0 Å². The van der Waals surface area contributed by atoms with Gasteiger partial charge in [-0.1, -0.05) is 35.1 Å². The van der Waals surface area contributed by atoms with Crippen molar-refractivity contribution < 1.29 is 18.5 Å². The van der Waals surface area contributed by atoms with Crippen LogP contribution in [-0.2, 0) is 0 Å². The van der Waals surface area contributed by atoms with Crippen molar-refractivity contribution >= 4 is 44.2 Å². The lowest BCUT2D eigenvalue weighted by Crippen LogP contribution is -3.06. The quantitative estimate of drug-likeness (QED) is 0.720. The van der Waals surface area contributed by atoms with Crippen molar-refractivity contribution in [2.75, 3.05) is 32.1 Å². The first-order valence-corrected chi connectivity index (χ1v) is 9.17. The fourth-order valence-electron chi connectivity index (χ4n) is 2.46. The first-order chi connectivity index (χ1) is 12.4. The maximum Gasteiger partial charge on any atom is 0.261 e. The maximum absolute atomic E-state index is 14.0. The van der Waals surface area contributed by atoms with Gasteiger partial charge >= 0.3 is 0 Å². The smallest absolute Gasteiger partial charge is 0.261 e. The third-order valence-electron chi connectivity index (χ3n) is 3.82. The fourth-order valence-corrected chi connectivity index (χ4v) is 3.71. The number of amides is 1. The zero-order valence-corrected chi connectivity index (χ0v) is 15.8. The van der Waals surface area contributed by atoms with E-state index in [-0.39, 0.29) is 11.4 Å². The Morgan fingerprint density at radius 2 is 2.00 bits per heavy atom. The van der Waals surface area contributed by atoms with Crippen LogP contribution in [0.25, 0.3) is 10.2 Å². The van der Waals surface area contributed by atoms with Gasteiger partial charge in [-0.25, -0.2) is 13.8 Å². The molecule has 26 heavy (non-hydrogen) atoms. The number of anilines is 1. The maximum atomic E-state index is 14.0. The second kappa shape index (κ2) is 7.65. The second-order valence-corrected chi connectivity index (χ2v) is 7.54. The summed E-state index contributed by atoms with van der Waals surface area (Å²) in [6.45, 7) is 1.03. The molecule has 0 unspecified atom stereocenters. The van der Waals surface area contributed by atoms with Gasteiger partial charge in [0.1, 0.15) is 11.3 Å². The van der Waals surface area contributed by atoms with Gasteiger partial charge in [0.2, 0.25) is 0 Å². The SMILES string of the molecule is C[NH+](C)CCN(C(=O)c1ccccc1Cl)c1nc2c(F)cc(F)cc2s1. The van der Waals surface area contributed by atoms with E-state index in [1.807, 2.05) is 14.1 Å². The van der Waals surface area contributed by atoms with Gasteiger partial charge in [0.25, 0.3) is 5.91 Å². The van der Waals surface area contributed by atoms with Crippen LogP contribution in [0.3, 0.4) is 0 Å². The molecule has 0 spiro atoms. The van der Waals surface area contributed by atoms with E-state index < -0.39 is 11.6 Å². The first-order valence-electron chi connectivity index (χ1n) is 7.98. The van der Waals surface area contributed by atoms with Gasteiger partial charge < -0.3 is 4.90 Å². The van der Waals surface area contributed by atoms with Crippen molar-refractivity contribution in [2.45, 2.75) is 0 Å². The number of rotatable bonds is 5. The van der Waals surface area contributed by atoms with Gasteiger partial charge in [0.15, 0.2) is 10.9 Å². The average molecular weight is 397 g/mol. The molecule has 0 radical (unpaired) electrons. The molecule has 1 N–H and O–H groups in total. The number of nitrogens with zero attached hydrogens (tertiary/aromatic N) is 2. The van der Waals surface area contributed by atoms with Gasteiger partial charge in [-0.2, -0.15) is 0 Å². The minimum absolute atomic E-state index is 0.0561. The number of fused-ring (bicyclic) bond motifs is 1. The van der Waals surface area contributed by atoms with Gasteiger partial charge in [-0.05, 0) is 18.2 Å². The Morgan fingerprint density at radius 3 is 2.69 bits per heavy atom. The predicted molar refractivity (Wildman–Crippen MR) is 100 cm³/mol. The lowest BCUT2D eigenvalue weighted by Gasteiger charge is -2.21. The summed E-state index contributed by atoms with van der Waals surface area (Å²) in [7, 11) is 3.93. The first kappa shape index (κ1) is 18.7. The highest BCUT2D eigenvalue weighted by atomic mass is 35.5. The Balaban J connectivity index is 2.05. The predicted octanol–water partition coefficient (Wildman–Crippen LogP) is 3.02. The van der Waals surface area contributed by atoms with Crippen LogP contribution in [0, 0.1) is 11.6 Å². The van der Waals surface area contributed by atoms with Crippen molar-refractivity contribution in [3.63, 3.8) is 0 Å². The zero-order valence-electron chi connectivity index (χ0n) is 14.2. The van der Waals surface area contributed by atoms with Crippen molar-refractivity contribution in [3.8, 4) is 0 Å². The van der Waals surface area contributed by atoms with Crippen LogP contribution >= 0.6 is 22.9 Å². The van der Waals surface area contributed by atoms with E-state index in [9.17, 15) is 13.6 Å². The highest BCUT2D eigenvalue weighted by Gasteiger charge is 2.24. The number of carbonyl (C=O) groups excluding carboxylic acids is 1. The normalized spacial score (nSPS) is 11.3. The topological polar surface area (TPSA) is 37.6 Å². The number of carbonyl (C=O) groups is 1. The van der Waals surface area contributed by atoms with Gasteiger partial charge in [0, 0.05) is 6.07 Å². The molecule has 1 amide bonds. The van der Waals surface area contributed by atoms with E-state index >= 15 is 0 Å². The number of likely N-dealkylation sites (N-methyl/N-ethyl adjacent to an activating group) is 1. The summed E-state index contributed by atoms with van der Waals surface area (Å²) in [5.41, 5.74) is 0.398. The van der Waals surface area contributed by atoms with E-state index in [4.69, 9.17) is 11.6 Å². The number of hydrogen-bond donors (Lipinski definition) is 1. The number of hydrogen-bond acceptors (Lipinski definition) is 3. The number of nitrogens with one attached hydrogen (secondary N) is 1. The van der Waals surface area contributed by atoms with Crippen LogP contribution in [0.1, 0.15) is 10.4 Å². The van der Waals surface area contributed by atoms with E-state index in [0.29, 0.717) is 33.5 Å². The number of aromatic nitrogens is 1. The average Bonchev–Trinajstić information content (AvgIpc) is 2.99. The molecule has 8 heteroatoms. The molecule has 4 nitrogen and oxygen atoms in total. The Kier molecular flexibility index (Phi) is 5.50. The number of quaternary nitrogens is 1. The summed E-state index contributed by atoms with van der Waals surface area (Å²) in [4.78, 5) is 19.9. The van der Waals surface area contributed by atoms with Gasteiger partial charge in [0.05, 0.1) is 42.5 Å². The van der Waals surface area contributed by atoms with Crippen LogP contribution in [0.5, 0.6) is 0 Å². The van der Waals surface area contributed by atoms with E-state index in [0.717, 1.165) is 22.3 Å². The number of halogens is 3. The largest absolute Gasteiger partial charge is 0.338 e. The summed E-state index contributed by atoms with van der Waals surface area (Å²) in [6.07, 6.45) is 0. The minimum Gasteiger partial charge on any atom is -0.338 e. The van der Waals surface area contributed by atoms with Crippen molar-refractivity contribution in [2.24, 2.45) is 0 Å². The molecule has 0 atom stereocenters. The Morgan fingerprint density at radius 1 is 1.27 bits per heavy atom. The van der Waals surface area contributed by atoms with Crippen LogP contribution in [0.2, 0.25) is 5.02 Å². The summed E-state index contributed by atoms with van der Waals surface area (Å²) in [6, 6.07) is 8.74. The molecular weight excluding hydrogens is 380 g/mol. The van der Waals surface area contributed by atoms with Gasteiger partial charge in [-0.15, -0.1) is 0 Å². The molecule has 136 valence electrons. The Bertz CT molecular complexity index is 961. The van der Waals surface area contributed by atoms with Crippen LogP contribution in [-0.4, -0.2) is 38.1 Å². The summed E-state index contributed by atoms with van der Waals surface area (Å²) in [5.74, 6) is -1.74. The molecule has 0 aliphatic carbocycles. The van der Waals surface area contributed by atoms with Crippen molar-refractivity contribution in [1.29, 1.82) is 0 Å².